The highest BCUT2D eigenvalue weighted by Gasteiger charge is 2.28. The molecule has 2 atom stereocenters. The molecular formula is C17H25ClN2OS. The standard InChI is InChI=1S/C17H24N2OS.ClH/c20-17(11-15-5-4-9-18-15)19-10-8-14(12-19)13-21-16-6-2-1-3-7-16;/h1-3,6-7,14-15,18H,4-5,8-13H2;1H. The Labute approximate surface area is 143 Å². The number of likely N-dealkylation sites (tertiary alicyclic amines) is 1. The Bertz CT molecular complexity index is 465. The van der Waals surface area contributed by atoms with Crippen LogP contribution in [0.4, 0.5) is 0 Å². The Morgan fingerprint density at radius 3 is 2.82 bits per heavy atom. The second kappa shape index (κ2) is 8.80. The number of benzene rings is 1. The Kier molecular flexibility index (Phi) is 7.06. The zero-order chi connectivity index (χ0) is 14.5. The molecule has 0 aliphatic carbocycles. The van der Waals surface area contributed by atoms with E-state index in [2.05, 4.69) is 40.5 Å². The van der Waals surface area contributed by atoms with Crippen LogP contribution in [-0.4, -0.2) is 42.2 Å². The van der Waals surface area contributed by atoms with Crippen molar-refractivity contribution >= 4 is 30.1 Å². The van der Waals surface area contributed by atoms with Crippen molar-refractivity contribution in [3.8, 4) is 0 Å². The van der Waals surface area contributed by atoms with E-state index in [1.54, 1.807) is 0 Å². The Balaban J connectivity index is 0.00000176. The van der Waals surface area contributed by atoms with Crippen molar-refractivity contribution in [2.75, 3.05) is 25.4 Å². The minimum Gasteiger partial charge on any atom is -0.342 e. The van der Waals surface area contributed by atoms with Gasteiger partial charge in [0, 0.05) is 36.2 Å². The van der Waals surface area contributed by atoms with Crippen LogP contribution in [0.5, 0.6) is 0 Å². The van der Waals surface area contributed by atoms with Crippen LogP contribution in [0.15, 0.2) is 35.2 Å². The van der Waals surface area contributed by atoms with Crippen molar-refractivity contribution in [2.24, 2.45) is 5.92 Å². The minimum atomic E-state index is 0. The average molecular weight is 341 g/mol. The molecule has 2 heterocycles. The number of carbonyl (C=O) groups excluding carboxylic acids is 1. The fraction of sp³-hybridized carbons (Fsp3) is 0.588. The Hall–Kier alpha value is -0.710. The number of nitrogens with one attached hydrogen (secondary N) is 1. The van der Waals surface area contributed by atoms with Gasteiger partial charge in [0.15, 0.2) is 0 Å². The second-order valence-corrected chi connectivity index (χ2v) is 7.21. The van der Waals surface area contributed by atoms with Crippen molar-refractivity contribution in [3.63, 3.8) is 0 Å². The van der Waals surface area contributed by atoms with Gasteiger partial charge in [-0.15, -0.1) is 24.2 Å². The van der Waals surface area contributed by atoms with E-state index in [0.29, 0.717) is 24.3 Å². The normalized spacial score (nSPS) is 24.3. The molecule has 2 fully saturated rings. The number of hydrogen-bond donors (Lipinski definition) is 1. The Morgan fingerprint density at radius 2 is 2.09 bits per heavy atom. The van der Waals surface area contributed by atoms with Crippen molar-refractivity contribution in [1.82, 2.24) is 10.2 Å². The highest BCUT2D eigenvalue weighted by molar-refractivity contribution is 7.99. The third-order valence-corrected chi connectivity index (χ3v) is 5.69. The number of nitrogens with zero attached hydrogens (tertiary/aromatic N) is 1. The van der Waals surface area contributed by atoms with Gasteiger partial charge in [-0.1, -0.05) is 18.2 Å². The summed E-state index contributed by atoms with van der Waals surface area (Å²) in [6.07, 6.45) is 4.23. The topological polar surface area (TPSA) is 32.3 Å². The molecule has 3 nitrogen and oxygen atoms in total. The lowest BCUT2D eigenvalue weighted by Gasteiger charge is -2.19. The van der Waals surface area contributed by atoms with E-state index in [4.69, 9.17) is 0 Å². The molecule has 0 aromatic heterocycles. The summed E-state index contributed by atoms with van der Waals surface area (Å²) < 4.78 is 0. The molecule has 0 bridgehead atoms. The summed E-state index contributed by atoms with van der Waals surface area (Å²) in [4.78, 5) is 15.7. The van der Waals surface area contributed by atoms with Gasteiger partial charge in [-0.25, -0.2) is 0 Å². The van der Waals surface area contributed by atoms with Gasteiger partial charge in [0.25, 0.3) is 0 Å². The van der Waals surface area contributed by atoms with Crippen molar-refractivity contribution in [1.29, 1.82) is 0 Å². The molecular weight excluding hydrogens is 316 g/mol. The zero-order valence-electron chi connectivity index (χ0n) is 12.9. The van der Waals surface area contributed by atoms with Crippen LogP contribution in [0.25, 0.3) is 0 Å². The monoisotopic (exact) mass is 340 g/mol. The molecule has 5 heteroatoms. The maximum absolute atomic E-state index is 12.3. The van der Waals surface area contributed by atoms with Crippen LogP contribution in [0.3, 0.4) is 0 Å². The first-order valence-corrected chi connectivity index (χ1v) is 8.99. The maximum Gasteiger partial charge on any atom is 0.224 e. The van der Waals surface area contributed by atoms with Crippen molar-refractivity contribution < 1.29 is 4.79 Å². The van der Waals surface area contributed by atoms with Crippen LogP contribution in [0.1, 0.15) is 25.7 Å². The zero-order valence-corrected chi connectivity index (χ0v) is 14.5. The predicted octanol–water partition coefficient (Wildman–Crippen LogP) is 3.19. The number of carbonyl (C=O) groups is 1. The summed E-state index contributed by atoms with van der Waals surface area (Å²) in [6, 6.07) is 11.0. The van der Waals surface area contributed by atoms with E-state index in [-0.39, 0.29) is 12.4 Å². The molecule has 1 amide bonds. The van der Waals surface area contributed by atoms with Crippen LogP contribution in [0.2, 0.25) is 0 Å². The first kappa shape index (κ1) is 17.6. The lowest BCUT2D eigenvalue weighted by Crippen LogP contribution is -2.34. The number of hydrogen-bond acceptors (Lipinski definition) is 3. The van der Waals surface area contributed by atoms with E-state index in [9.17, 15) is 4.79 Å². The molecule has 1 aromatic carbocycles. The molecule has 2 saturated heterocycles. The van der Waals surface area contributed by atoms with Crippen LogP contribution < -0.4 is 5.32 Å². The van der Waals surface area contributed by atoms with E-state index in [0.717, 1.165) is 38.2 Å². The van der Waals surface area contributed by atoms with Crippen LogP contribution in [0, 0.1) is 5.92 Å². The molecule has 0 saturated carbocycles. The Morgan fingerprint density at radius 1 is 1.27 bits per heavy atom. The van der Waals surface area contributed by atoms with E-state index >= 15 is 0 Å². The van der Waals surface area contributed by atoms with E-state index in [1.165, 1.54) is 11.3 Å². The average Bonchev–Trinajstić information content (AvgIpc) is 3.17. The molecule has 0 spiro atoms. The first-order chi connectivity index (χ1) is 10.3. The summed E-state index contributed by atoms with van der Waals surface area (Å²) in [6.45, 7) is 2.98. The third-order valence-electron chi connectivity index (χ3n) is 4.45. The molecule has 1 aromatic rings. The number of thioether (sulfide) groups is 1. The third kappa shape index (κ3) is 4.90. The van der Waals surface area contributed by atoms with Gasteiger partial charge in [0.2, 0.25) is 5.91 Å². The van der Waals surface area contributed by atoms with Crippen LogP contribution >= 0.6 is 24.2 Å². The molecule has 2 unspecified atom stereocenters. The minimum absolute atomic E-state index is 0. The molecule has 2 aliphatic heterocycles. The molecule has 22 heavy (non-hydrogen) atoms. The summed E-state index contributed by atoms with van der Waals surface area (Å²) >= 11 is 1.91. The predicted molar refractivity (Wildman–Crippen MR) is 94.7 cm³/mol. The summed E-state index contributed by atoms with van der Waals surface area (Å²) in [5.74, 6) is 2.12. The summed E-state index contributed by atoms with van der Waals surface area (Å²) in [5, 5.41) is 3.42. The van der Waals surface area contributed by atoms with Gasteiger partial charge >= 0.3 is 0 Å². The fourth-order valence-corrected chi connectivity index (χ4v) is 4.25. The summed E-state index contributed by atoms with van der Waals surface area (Å²) in [7, 11) is 0. The molecule has 1 N–H and O–H groups in total. The molecule has 122 valence electrons. The quantitative estimate of drug-likeness (QED) is 0.835. The first-order valence-electron chi connectivity index (χ1n) is 8.00. The van der Waals surface area contributed by atoms with E-state index < -0.39 is 0 Å². The van der Waals surface area contributed by atoms with Gasteiger partial charge in [-0.3, -0.25) is 4.79 Å². The lowest BCUT2D eigenvalue weighted by atomic mass is 10.1. The second-order valence-electron chi connectivity index (χ2n) is 6.12. The molecule has 2 aliphatic rings. The van der Waals surface area contributed by atoms with Crippen molar-refractivity contribution in [2.45, 2.75) is 36.6 Å². The van der Waals surface area contributed by atoms with Gasteiger partial charge in [0.1, 0.15) is 0 Å². The van der Waals surface area contributed by atoms with Gasteiger partial charge in [-0.2, -0.15) is 0 Å². The number of rotatable bonds is 5. The molecule has 3 rings (SSSR count). The van der Waals surface area contributed by atoms with Gasteiger partial charge in [0.05, 0.1) is 0 Å². The van der Waals surface area contributed by atoms with Crippen LogP contribution in [-0.2, 0) is 4.79 Å². The highest BCUT2D eigenvalue weighted by Crippen LogP contribution is 2.26. The SMILES string of the molecule is Cl.O=C(CC1CCCN1)N1CCC(CSc2ccccc2)C1. The fourth-order valence-electron chi connectivity index (χ4n) is 3.20. The van der Waals surface area contributed by atoms with E-state index in [1.807, 2.05) is 11.8 Å². The maximum atomic E-state index is 12.3. The molecule has 0 radical (unpaired) electrons. The summed E-state index contributed by atoms with van der Waals surface area (Å²) in [5.41, 5.74) is 0. The van der Waals surface area contributed by atoms with Gasteiger partial charge in [-0.05, 0) is 43.9 Å². The number of amides is 1. The number of halogens is 1. The lowest BCUT2D eigenvalue weighted by molar-refractivity contribution is -0.130. The van der Waals surface area contributed by atoms with Crippen molar-refractivity contribution in [3.05, 3.63) is 30.3 Å². The van der Waals surface area contributed by atoms with Gasteiger partial charge < -0.3 is 10.2 Å². The smallest absolute Gasteiger partial charge is 0.224 e. The highest BCUT2D eigenvalue weighted by atomic mass is 35.5. The largest absolute Gasteiger partial charge is 0.342 e.